The molecule has 0 radical (unpaired) electrons. The van der Waals surface area contributed by atoms with Crippen molar-refractivity contribution in [1.29, 1.82) is 0 Å². The summed E-state index contributed by atoms with van der Waals surface area (Å²) in [4.78, 5) is 28.8. The molecule has 0 saturated carbocycles. The van der Waals surface area contributed by atoms with Crippen LogP contribution in [-0.4, -0.2) is 29.9 Å². The van der Waals surface area contributed by atoms with Crippen molar-refractivity contribution in [2.45, 2.75) is 19.8 Å². The van der Waals surface area contributed by atoms with E-state index in [1.54, 1.807) is 36.8 Å². The number of ether oxygens (including phenoxy) is 3. The molecule has 0 atom stereocenters. The van der Waals surface area contributed by atoms with E-state index in [1.807, 2.05) is 55.0 Å². The first-order chi connectivity index (χ1) is 35.6. The summed E-state index contributed by atoms with van der Waals surface area (Å²) >= 11 is 0. The van der Waals surface area contributed by atoms with Crippen LogP contribution >= 0.6 is 0 Å². The first-order valence-electron chi connectivity index (χ1n) is 23.6. The van der Waals surface area contributed by atoms with E-state index in [-0.39, 0.29) is 39.9 Å². The van der Waals surface area contributed by atoms with Gasteiger partial charge in [-0.3, -0.25) is 0 Å². The molecule has 27 aliphatic heterocycles. The summed E-state index contributed by atoms with van der Waals surface area (Å²) in [6.07, 6.45) is 11.0. The van der Waals surface area contributed by atoms with Gasteiger partial charge in [-0.05, 0) is 137 Å². The van der Waals surface area contributed by atoms with Gasteiger partial charge in [-0.2, -0.15) is 0 Å². The van der Waals surface area contributed by atoms with E-state index in [0.717, 1.165) is 117 Å². The van der Waals surface area contributed by atoms with Crippen LogP contribution in [0.2, 0.25) is 0 Å². The second kappa shape index (κ2) is 19.7. The van der Waals surface area contributed by atoms with Crippen molar-refractivity contribution in [3.63, 3.8) is 0 Å². The van der Waals surface area contributed by atoms with Gasteiger partial charge in [0.2, 0.25) is 0 Å². The fourth-order valence-electron chi connectivity index (χ4n) is 9.44. The monoisotopic (exact) mass is 1120 g/mol. The molecular formula is C63H39IrN6O3. The van der Waals surface area contributed by atoms with E-state index >= 15 is 0 Å². The maximum Gasteiger partial charge on any atom is 3.00 e. The Balaban J connectivity index is 0.00000543. The third kappa shape index (κ3) is 9.29. The number of hydrogen-bond donors (Lipinski definition) is 0. The zero-order chi connectivity index (χ0) is 47.8. The minimum absolute atomic E-state index is 0. The van der Waals surface area contributed by atoms with Gasteiger partial charge in [-0.15, -0.1) is 34.9 Å². The van der Waals surface area contributed by atoms with Crippen molar-refractivity contribution < 1.29 is 34.3 Å². The first-order valence-corrected chi connectivity index (χ1v) is 23.6. The third-order valence-electron chi connectivity index (χ3n) is 13.0. The molecule has 348 valence electrons. The molecule has 18 bridgehead atoms. The molecule has 0 fully saturated rings. The van der Waals surface area contributed by atoms with E-state index in [4.69, 9.17) is 29.2 Å². The average molecular weight is 1120 g/mol. The van der Waals surface area contributed by atoms with Crippen LogP contribution in [0.15, 0.2) is 201 Å². The zero-order valence-corrected chi connectivity index (χ0v) is 41.3. The van der Waals surface area contributed by atoms with Gasteiger partial charge in [0.1, 0.15) is 37.5 Å². The largest absolute Gasteiger partial charge is 3.00 e. The summed E-state index contributed by atoms with van der Waals surface area (Å²) in [6, 6.07) is 66.2. The summed E-state index contributed by atoms with van der Waals surface area (Å²) in [5.74, 6) is 1.30. The van der Waals surface area contributed by atoms with Gasteiger partial charge in [0.05, 0.1) is 0 Å². The molecule has 10 heteroatoms. The van der Waals surface area contributed by atoms with Gasteiger partial charge in [0.25, 0.3) is 0 Å². The normalized spacial score (nSPS) is 12.2. The molecule has 5 aromatic carbocycles. The fourth-order valence-corrected chi connectivity index (χ4v) is 9.44. The summed E-state index contributed by atoms with van der Waals surface area (Å²) in [6.45, 7) is 0.732. The summed E-state index contributed by atoms with van der Waals surface area (Å²) < 4.78 is 18.7. The van der Waals surface area contributed by atoms with Crippen LogP contribution in [0.5, 0.6) is 17.6 Å². The Labute approximate surface area is 435 Å². The molecule has 38 rings (SSSR count). The van der Waals surface area contributed by atoms with Crippen LogP contribution in [0.1, 0.15) is 16.7 Å². The van der Waals surface area contributed by atoms with Crippen molar-refractivity contribution in [3.05, 3.63) is 236 Å². The number of pyridine rings is 6. The third-order valence-corrected chi connectivity index (χ3v) is 13.0. The molecule has 0 saturated heterocycles. The van der Waals surface area contributed by atoms with Crippen molar-refractivity contribution in [2.24, 2.45) is 0 Å². The topological polar surface area (TPSA) is 105 Å². The van der Waals surface area contributed by atoms with Crippen LogP contribution < -0.4 is 14.2 Å². The average Bonchev–Trinajstić information content (AvgIpc) is 3.45. The van der Waals surface area contributed by atoms with E-state index in [9.17, 15) is 0 Å². The molecule has 0 aliphatic carbocycles. The molecule has 0 N–H and O–H groups in total. The number of rotatable bonds is 0. The molecule has 0 amide bonds. The van der Waals surface area contributed by atoms with Gasteiger partial charge in [0, 0.05) is 18.6 Å². The molecule has 9 nitrogen and oxygen atoms in total. The van der Waals surface area contributed by atoms with Crippen molar-refractivity contribution in [3.8, 4) is 118 Å². The second-order valence-electron chi connectivity index (χ2n) is 17.7. The number of aromatic nitrogens is 6. The Bertz CT molecular complexity index is 3360. The van der Waals surface area contributed by atoms with E-state index in [0.29, 0.717) is 17.6 Å². The van der Waals surface area contributed by atoms with Crippen molar-refractivity contribution >= 4 is 0 Å². The van der Waals surface area contributed by atoms with E-state index in [1.165, 1.54) is 0 Å². The van der Waals surface area contributed by atoms with Crippen LogP contribution in [0, 0.1) is 18.2 Å². The first kappa shape index (κ1) is 45.2. The standard InChI is InChI=1S/C63H39N6O3.Ir/c1-4-10-55-49-28-50-30-51(29-49)57-12-6-3-9-54(57)45-15-21-60(66-33-45)48-18-24-63(69-36-48)72-39-42-26-40(37-70-61-22-16-46(34-67-61)58-19-13-43(31-64-58)52(55)7-1)25-41(27-42)38-71-62-23-17-47(35-68-62)59-20-14-44(32-65-59)53-8-2-5-11-56(50)53;/h1-15,19-36H,37-39H2;/q-3;+3. The van der Waals surface area contributed by atoms with Gasteiger partial charge in [-0.1, -0.05) is 146 Å². The smallest absolute Gasteiger partial charge is 0.516 e. The molecule has 6 aromatic heterocycles. The predicted molar refractivity (Wildman–Crippen MR) is 278 cm³/mol. The van der Waals surface area contributed by atoms with E-state index < -0.39 is 0 Å². The SMILES string of the molecule is [Ir+3].[c-]1cc2ncc1-c1ccc(cn1)-c1ccccc1-c1cc3cc(c1)-c1ccccc1-c1ccc(nc1)-c1[c-]cc(nc1)OCc1cc(cc(c1)COc1c[c-]c(cn1)-c1ccc(cn1)-c1ccccc1-3)CO2. The maximum atomic E-state index is 6.25. The minimum Gasteiger partial charge on any atom is -0.516 e. The molecule has 33 heterocycles. The zero-order valence-electron chi connectivity index (χ0n) is 38.9. The summed E-state index contributed by atoms with van der Waals surface area (Å²) in [5, 5.41) is 0. The molecule has 27 aliphatic rings. The quantitative estimate of drug-likeness (QED) is 0.137. The fraction of sp³-hybridized carbons (Fsp3) is 0.0476. The molecule has 0 spiro atoms. The molecular weight excluding hydrogens is 1080 g/mol. The Morgan fingerprint density at radius 3 is 0.836 bits per heavy atom. The number of hydrogen-bond acceptors (Lipinski definition) is 9. The molecule has 73 heavy (non-hydrogen) atoms. The summed E-state index contributed by atoms with van der Waals surface area (Å²) in [5.41, 5.74) is 19.7. The van der Waals surface area contributed by atoms with Gasteiger partial charge in [-0.25, -0.2) is 0 Å². The maximum absolute atomic E-state index is 6.25. The Morgan fingerprint density at radius 2 is 0.589 bits per heavy atom. The number of nitrogens with zero attached hydrogens (tertiary/aromatic N) is 6. The van der Waals surface area contributed by atoms with Crippen LogP contribution in [0.4, 0.5) is 0 Å². The van der Waals surface area contributed by atoms with Crippen molar-refractivity contribution in [2.75, 3.05) is 0 Å². The second-order valence-corrected chi connectivity index (χ2v) is 17.7. The van der Waals surface area contributed by atoms with Crippen LogP contribution in [-0.2, 0) is 39.9 Å². The Kier molecular flexibility index (Phi) is 12.2. The Hall–Kier alpha value is -8.95. The molecule has 0 unspecified atom stereocenters. The predicted octanol–water partition coefficient (Wildman–Crippen LogP) is 13.8. The van der Waals surface area contributed by atoms with Gasteiger partial charge < -0.3 is 44.1 Å². The Morgan fingerprint density at radius 1 is 0.301 bits per heavy atom. The van der Waals surface area contributed by atoms with Crippen LogP contribution in [0.25, 0.3) is 101 Å². The number of benzene rings is 5. The minimum atomic E-state index is 0. The molecule has 11 aromatic rings. The van der Waals surface area contributed by atoms with Crippen molar-refractivity contribution in [1.82, 2.24) is 29.9 Å². The van der Waals surface area contributed by atoms with Gasteiger partial charge in [0.15, 0.2) is 0 Å². The van der Waals surface area contributed by atoms with E-state index in [2.05, 4.69) is 142 Å². The van der Waals surface area contributed by atoms with Gasteiger partial charge >= 0.3 is 20.1 Å². The summed E-state index contributed by atoms with van der Waals surface area (Å²) in [7, 11) is 0. The van der Waals surface area contributed by atoms with Crippen LogP contribution in [0.3, 0.4) is 0 Å².